The fraction of sp³-hybridized carbons (Fsp3) is 0.667. The Balaban J connectivity index is 1.40. The van der Waals surface area contributed by atoms with Gasteiger partial charge >= 0.3 is 0 Å². The molecular formula is C21H31NO3. The number of benzene rings is 1. The maximum Gasteiger partial charge on any atom is 0.222 e. The Kier molecular flexibility index (Phi) is 6.49. The molecule has 2 aliphatic heterocycles. The van der Waals surface area contributed by atoms with Crippen LogP contribution in [0.4, 0.5) is 0 Å². The van der Waals surface area contributed by atoms with Gasteiger partial charge in [0.25, 0.3) is 0 Å². The highest BCUT2D eigenvalue weighted by Crippen LogP contribution is 2.38. The van der Waals surface area contributed by atoms with Gasteiger partial charge < -0.3 is 14.4 Å². The first-order valence-corrected chi connectivity index (χ1v) is 9.74. The SMILES string of the molecule is CCC(=O)N1CCC2(CC1)CC(CCOCc1ccccc1)CCO2. The van der Waals surface area contributed by atoms with E-state index in [2.05, 4.69) is 24.3 Å². The third-order valence-corrected chi connectivity index (χ3v) is 5.71. The van der Waals surface area contributed by atoms with Crippen LogP contribution < -0.4 is 0 Å². The Hall–Kier alpha value is -1.39. The minimum atomic E-state index is 0.00681. The Morgan fingerprint density at radius 2 is 2.04 bits per heavy atom. The van der Waals surface area contributed by atoms with Crippen LogP contribution in [0.2, 0.25) is 0 Å². The molecule has 0 aliphatic carbocycles. The van der Waals surface area contributed by atoms with Crippen LogP contribution in [0.5, 0.6) is 0 Å². The number of nitrogens with zero attached hydrogens (tertiary/aromatic N) is 1. The van der Waals surface area contributed by atoms with Crippen molar-refractivity contribution in [3.05, 3.63) is 35.9 Å². The van der Waals surface area contributed by atoms with Gasteiger partial charge in [0, 0.05) is 32.7 Å². The molecule has 25 heavy (non-hydrogen) atoms. The first-order chi connectivity index (χ1) is 12.2. The number of piperidine rings is 1. The van der Waals surface area contributed by atoms with Crippen molar-refractivity contribution in [3.63, 3.8) is 0 Å². The van der Waals surface area contributed by atoms with Crippen LogP contribution in [-0.4, -0.2) is 42.7 Å². The van der Waals surface area contributed by atoms with Crippen LogP contribution in [0.1, 0.15) is 51.0 Å². The summed E-state index contributed by atoms with van der Waals surface area (Å²) in [6.45, 7) is 6.01. The van der Waals surface area contributed by atoms with E-state index in [0.717, 1.165) is 58.4 Å². The van der Waals surface area contributed by atoms with Gasteiger partial charge in [0.1, 0.15) is 0 Å². The maximum atomic E-state index is 11.9. The Morgan fingerprint density at radius 1 is 1.28 bits per heavy atom. The topological polar surface area (TPSA) is 38.8 Å². The zero-order valence-corrected chi connectivity index (χ0v) is 15.4. The second-order valence-electron chi connectivity index (χ2n) is 7.45. The lowest BCUT2D eigenvalue weighted by molar-refractivity contribution is -0.147. The van der Waals surface area contributed by atoms with Gasteiger partial charge in [0.2, 0.25) is 5.91 Å². The first kappa shape index (κ1) is 18.4. The van der Waals surface area contributed by atoms with Crippen molar-refractivity contribution in [2.45, 2.75) is 57.7 Å². The van der Waals surface area contributed by atoms with Crippen LogP contribution in [0.15, 0.2) is 30.3 Å². The molecule has 0 bridgehead atoms. The average Bonchev–Trinajstić information content (AvgIpc) is 2.66. The third kappa shape index (κ3) is 5.05. The molecular weight excluding hydrogens is 314 g/mol. The van der Waals surface area contributed by atoms with Crippen molar-refractivity contribution in [2.75, 3.05) is 26.3 Å². The van der Waals surface area contributed by atoms with Gasteiger partial charge in [0.15, 0.2) is 0 Å². The van der Waals surface area contributed by atoms with Crippen LogP contribution in [0.25, 0.3) is 0 Å². The number of rotatable bonds is 6. The summed E-state index contributed by atoms with van der Waals surface area (Å²) in [5, 5.41) is 0. The summed E-state index contributed by atoms with van der Waals surface area (Å²) in [7, 11) is 0. The van der Waals surface area contributed by atoms with E-state index >= 15 is 0 Å². The number of hydrogen-bond acceptors (Lipinski definition) is 3. The Bertz CT molecular complexity index is 537. The summed E-state index contributed by atoms with van der Waals surface area (Å²) in [6.07, 6.45) is 5.94. The molecule has 1 amide bonds. The molecule has 0 aromatic heterocycles. The largest absolute Gasteiger partial charge is 0.377 e. The third-order valence-electron chi connectivity index (χ3n) is 5.71. The molecule has 2 aliphatic rings. The summed E-state index contributed by atoms with van der Waals surface area (Å²) in [5.41, 5.74) is 1.24. The summed E-state index contributed by atoms with van der Waals surface area (Å²) < 4.78 is 12.1. The number of carbonyl (C=O) groups is 1. The van der Waals surface area contributed by atoms with Crippen molar-refractivity contribution in [2.24, 2.45) is 5.92 Å². The zero-order chi connectivity index (χ0) is 17.5. The molecule has 0 saturated carbocycles. The predicted molar refractivity (Wildman–Crippen MR) is 98.2 cm³/mol. The molecule has 4 heteroatoms. The lowest BCUT2D eigenvalue weighted by Crippen LogP contribution is -2.50. The normalized spacial score (nSPS) is 22.9. The molecule has 1 spiro atoms. The number of hydrogen-bond donors (Lipinski definition) is 0. The average molecular weight is 345 g/mol. The molecule has 4 nitrogen and oxygen atoms in total. The van der Waals surface area contributed by atoms with Gasteiger partial charge in [-0.15, -0.1) is 0 Å². The van der Waals surface area contributed by atoms with E-state index in [4.69, 9.17) is 9.47 Å². The van der Waals surface area contributed by atoms with Crippen LogP contribution in [-0.2, 0) is 20.9 Å². The molecule has 138 valence electrons. The smallest absolute Gasteiger partial charge is 0.222 e. The van der Waals surface area contributed by atoms with E-state index < -0.39 is 0 Å². The van der Waals surface area contributed by atoms with Gasteiger partial charge in [-0.1, -0.05) is 37.3 Å². The fourth-order valence-corrected chi connectivity index (χ4v) is 4.13. The lowest BCUT2D eigenvalue weighted by Gasteiger charge is -2.46. The van der Waals surface area contributed by atoms with E-state index in [0.29, 0.717) is 18.9 Å². The van der Waals surface area contributed by atoms with E-state index in [9.17, 15) is 4.79 Å². The quantitative estimate of drug-likeness (QED) is 0.736. The maximum absolute atomic E-state index is 11.9. The molecule has 1 atom stereocenters. The Morgan fingerprint density at radius 3 is 2.76 bits per heavy atom. The van der Waals surface area contributed by atoms with Crippen LogP contribution in [0.3, 0.4) is 0 Å². The molecule has 0 N–H and O–H groups in total. The highest BCUT2D eigenvalue weighted by molar-refractivity contribution is 5.75. The van der Waals surface area contributed by atoms with Crippen molar-refractivity contribution < 1.29 is 14.3 Å². The highest BCUT2D eigenvalue weighted by Gasteiger charge is 2.40. The monoisotopic (exact) mass is 345 g/mol. The van der Waals surface area contributed by atoms with Crippen molar-refractivity contribution in [1.29, 1.82) is 0 Å². The van der Waals surface area contributed by atoms with Crippen molar-refractivity contribution >= 4 is 5.91 Å². The highest BCUT2D eigenvalue weighted by atomic mass is 16.5. The minimum absolute atomic E-state index is 0.00681. The van der Waals surface area contributed by atoms with Crippen molar-refractivity contribution in [1.82, 2.24) is 4.90 Å². The number of carbonyl (C=O) groups excluding carboxylic acids is 1. The minimum Gasteiger partial charge on any atom is -0.377 e. The molecule has 1 unspecified atom stereocenters. The second-order valence-corrected chi connectivity index (χ2v) is 7.45. The molecule has 2 fully saturated rings. The summed E-state index contributed by atoms with van der Waals surface area (Å²) in [5.74, 6) is 0.953. The van der Waals surface area contributed by atoms with Gasteiger partial charge in [-0.05, 0) is 43.6 Å². The van der Waals surface area contributed by atoms with Crippen molar-refractivity contribution in [3.8, 4) is 0 Å². The van der Waals surface area contributed by atoms with Crippen LogP contribution >= 0.6 is 0 Å². The van der Waals surface area contributed by atoms with E-state index in [1.807, 2.05) is 17.9 Å². The molecule has 2 saturated heterocycles. The van der Waals surface area contributed by atoms with Gasteiger partial charge in [-0.3, -0.25) is 4.79 Å². The molecule has 2 heterocycles. The van der Waals surface area contributed by atoms with Gasteiger partial charge in [-0.25, -0.2) is 0 Å². The van der Waals surface area contributed by atoms with E-state index in [-0.39, 0.29) is 11.5 Å². The summed E-state index contributed by atoms with van der Waals surface area (Å²) >= 11 is 0. The molecule has 1 aromatic rings. The number of amides is 1. The standard InChI is InChI=1S/C21H31NO3/c1-2-20(23)22-12-10-21(11-13-22)16-18(9-15-25-21)8-14-24-17-19-6-4-3-5-7-19/h3-7,18H,2,8-17H2,1H3. The Labute approximate surface area is 151 Å². The molecule has 0 radical (unpaired) electrons. The number of likely N-dealkylation sites (tertiary alicyclic amines) is 1. The van der Waals surface area contributed by atoms with Gasteiger partial charge in [0.05, 0.1) is 12.2 Å². The van der Waals surface area contributed by atoms with Gasteiger partial charge in [-0.2, -0.15) is 0 Å². The predicted octanol–water partition coefficient (Wildman–Crippen LogP) is 3.79. The second kappa shape index (κ2) is 8.81. The molecule has 3 rings (SSSR count). The lowest BCUT2D eigenvalue weighted by atomic mass is 9.78. The zero-order valence-electron chi connectivity index (χ0n) is 15.4. The number of ether oxygens (including phenoxy) is 2. The first-order valence-electron chi connectivity index (χ1n) is 9.74. The summed E-state index contributed by atoms with van der Waals surface area (Å²) in [4.78, 5) is 13.9. The molecule has 1 aromatic carbocycles. The van der Waals surface area contributed by atoms with E-state index in [1.165, 1.54) is 5.56 Å². The fourth-order valence-electron chi connectivity index (χ4n) is 4.13. The van der Waals surface area contributed by atoms with Crippen LogP contribution in [0, 0.1) is 5.92 Å². The summed E-state index contributed by atoms with van der Waals surface area (Å²) in [6, 6.07) is 10.3. The van der Waals surface area contributed by atoms with E-state index in [1.54, 1.807) is 0 Å².